The van der Waals surface area contributed by atoms with Gasteiger partial charge in [-0.3, -0.25) is 14.5 Å². The highest BCUT2D eigenvalue weighted by atomic mass is 16.4. The van der Waals surface area contributed by atoms with E-state index in [1.54, 1.807) is 18.9 Å². The number of hydrogen-bond donors (Lipinski definition) is 1. The van der Waals surface area contributed by atoms with Gasteiger partial charge >= 0.3 is 5.97 Å². The maximum Gasteiger partial charge on any atom is 0.317 e. The van der Waals surface area contributed by atoms with Gasteiger partial charge < -0.3 is 10.0 Å². The summed E-state index contributed by atoms with van der Waals surface area (Å²) < 4.78 is 0. The van der Waals surface area contributed by atoms with Gasteiger partial charge in [0.15, 0.2) is 0 Å². The third-order valence-electron chi connectivity index (χ3n) is 2.71. The lowest BCUT2D eigenvalue weighted by Crippen LogP contribution is -2.33. The van der Waals surface area contributed by atoms with E-state index >= 15 is 0 Å². The van der Waals surface area contributed by atoms with Crippen LogP contribution in [0.25, 0.3) is 0 Å². The molecular weight excluding hydrogens is 196 g/mol. The lowest BCUT2D eigenvalue weighted by atomic mass is 10.1. The van der Waals surface area contributed by atoms with Crippen LogP contribution in [0.2, 0.25) is 0 Å². The van der Waals surface area contributed by atoms with E-state index in [-0.39, 0.29) is 12.5 Å². The van der Waals surface area contributed by atoms with Crippen molar-refractivity contribution in [1.29, 1.82) is 0 Å². The molecule has 0 aromatic carbocycles. The number of hydrogen-bond acceptors (Lipinski definition) is 3. The summed E-state index contributed by atoms with van der Waals surface area (Å²) in [6, 6.07) is 0. The quantitative estimate of drug-likeness (QED) is 0.708. The Bertz CT molecular complexity index is 255. The summed E-state index contributed by atoms with van der Waals surface area (Å²) in [6.07, 6.45) is 0.976. The van der Waals surface area contributed by atoms with Gasteiger partial charge in [-0.05, 0) is 19.4 Å². The molecule has 5 nitrogen and oxygen atoms in total. The van der Waals surface area contributed by atoms with E-state index in [0.717, 1.165) is 26.1 Å². The molecular formula is C10H18N2O3. The van der Waals surface area contributed by atoms with Gasteiger partial charge in [0.05, 0.1) is 6.54 Å². The van der Waals surface area contributed by atoms with E-state index in [4.69, 9.17) is 5.11 Å². The second-order valence-corrected chi connectivity index (χ2v) is 4.21. The molecule has 0 aromatic heterocycles. The Labute approximate surface area is 89.7 Å². The minimum absolute atomic E-state index is 0.0660. The zero-order chi connectivity index (χ0) is 11.4. The Morgan fingerprint density at radius 2 is 2.20 bits per heavy atom. The number of likely N-dealkylation sites (tertiary alicyclic amines) is 1. The van der Waals surface area contributed by atoms with E-state index in [1.165, 1.54) is 0 Å². The third-order valence-corrected chi connectivity index (χ3v) is 2.71. The van der Waals surface area contributed by atoms with Crippen molar-refractivity contribution in [2.75, 3.05) is 33.2 Å². The van der Waals surface area contributed by atoms with Gasteiger partial charge in [0.1, 0.15) is 0 Å². The standard InChI is InChI=1S/C10H18N2O3/c1-8(13)12-4-3-9(6-12)5-11(2)7-10(14)15/h9H,3-7H2,1-2H3,(H,14,15)/t9-/m1/s1. The molecule has 1 heterocycles. The van der Waals surface area contributed by atoms with E-state index in [9.17, 15) is 9.59 Å². The molecule has 0 spiro atoms. The number of carboxylic acid groups (broad SMARTS) is 1. The first-order valence-electron chi connectivity index (χ1n) is 5.15. The number of aliphatic carboxylic acids is 1. The molecule has 0 saturated carbocycles. The first-order valence-corrected chi connectivity index (χ1v) is 5.15. The molecule has 0 unspecified atom stereocenters. The monoisotopic (exact) mass is 214 g/mol. The number of likely N-dealkylation sites (N-methyl/N-ethyl adjacent to an activating group) is 1. The molecule has 0 bridgehead atoms. The molecule has 15 heavy (non-hydrogen) atoms. The van der Waals surface area contributed by atoms with Crippen LogP contribution in [0.15, 0.2) is 0 Å². The second kappa shape index (κ2) is 5.11. The molecule has 5 heteroatoms. The van der Waals surface area contributed by atoms with Crippen LogP contribution in [-0.4, -0.2) is 60.0 Å². The van der Waals surface area contributed by atoms with E-state index in [1.807, 2.05) is 4.90 Å². The minimum atomic E-state index is -0.807. The molecule has 1 N–H and O–H groups in total. The van der Waals surface area contributed by atoms with E-state index in [2.05, 4.69) is 0 Å². The molecule has 0 aliphatic carbocycles. The van der Waals surface area contributed by atoms with Crippen LogP contribution in [0.3, 0.4) is 0 Å². The van der Waals surface area contributed by atoms with Crippen molar-refractivity contribution in [2.45, 2.75) is 13.3 Å². The highest BCUT2D eigenvalue weighted by molar-refractivity contribution is 5.73. The van der Waals surface area contributed by atoms with Crippen LogP contribution in [0.5, 0.6) is 0 Å². The Hall–Kier alpha value is -1.10. The molecule has 1 saturated heterocycles. The summed E-state index contributed by atoms with van der Waals surface area (Å²) in [5, 5.41) is 8.59. The van der Waals surface area contributed by atoms with Gasteiger partial charge in [-0.2, -0.15) is 0 Å². The van der Waals surface area contributed by atoms with Gasteiger partial charge in [0.25, 0.3) is 0 Å². The fraction of sp³-hybridized carbons (Fsp3) is 0.800. The Balaban J connectivity index is 2.29. The largest absolute Gasteiger partial charge is 0.480 e. The van der Waals surface area contributed by atoms with Crippen LogP contribution < -0.4 is 0 Å². The summed E-state index contributed by atoms with van der Waals surface area (Å²) >= 11 is 0. The molecule has 86 valence electrons. The number of carbonyl (C=O) groups excluding carboxylic acids is 1. The molecule has 1 aliphatic heterocycles. The number of carboxylic acids is 1. The van der Waals surface area contributed by atoms with Crippen molar-refractivity contribution in [2.24, 2.45) is 5.92 Å². The van der Waals surface area contributed by atoms with Crippen LogP contribution >= 0.6 is 0 Å². The van der Waals surface area contributed by atoms with Crippen molar-refractivity contribution >= 4 is 11.9 Å². The SMILES string of the molecule is CC(=O)N1CC[C@H](CN(C)CC(=O)O)C1. The van der Waals surface area contributed by atoms with Gasteiger partial charge in [-0.1, -0.05) is 0 Å². The number of amides is 1. The highest BCUT2D eigenvalue weighted by Gasteiger charge is 2.25. The first-order chi connectivity index (χ1) is 6.99. The second-order valence-electron chi connectivity index (χ2n) is 4.21. The van der Waals surface area contributed by atoms with Gasteiger partial charge in [0, 0.05) is 26.6 Å². The molecule has 1 atom stereocenters. The predicted molar refractivity (Wildman–Crippen MR) is 55.5 cm³/mol. The Morgan fingerprint density at radius 3 is 2.67 bits per heavy atom. The lowest BCUT2D eigenvalue weighted by molar-refractivity contribution is -0.138. The van der Waals surface area contributed by atoms with Gasteiger partial charge in [-0.15, -0.1) is 0 Å². The summed E-state index contributed by atoms with van der Waals surface area (Å²) in [6.45, 7) is 3.95. The van der Waals surface area contributed by atoms with Crippen LogP contribution in [0.1, 0.15) is 13.3 Å². The molecule has 1 amide bonds. The maximum atomic E-state index is 11.1. The summed E-state index contributed by atoms with van der Waals surface area (Å²) in [5.41, 5.74) is 0. The van der Waals surface area contributed by atoms with Gasteiger partial charge in [-0.25, -0.2) is 0 Å². The minimum Gasteiger partial charge on any atom is -0.480 e. The lowest BCUT2D eigenvalue weighted by Gasteiger charge is -2.19. The zero-order valence-electron chi connectivity index (χ0n) is 9.27. The maximum absolute atomic E-state index is 11.1. The van der Waals surface area contributed by atoms with Crippen molar-refractivity contribution in [3.05, 3.63) is 0 Å². The normalized spacial score (nSPS) is 21.0. The fourth-order valence-corrected chi connectivity index (χ4v) is 2.00. The zero-order valence-corrected chi connectivity index (χ0v) is 9.27. The van der Waals surface area contributed by atoms with Crippen LogP contribution in [-0.2, 0) is 9.59 Å². The summed E-state index contributed by atoms with van der Waals surface area (Å²) in [5.74, 6) is -0.282. The molecule has 0 aromatic rings. The average molecular weight is 214 g/mol. The third kappa shape index (κ3) is 3.87. The summed E-state index contributed by atoms with van der Waals surface area (Å²) in [7, 11) is 1.80. The first kappa shape index (κ1) is 12.0. The number of rotatable bonds is 4. The van der Waals surface area contributed by atoms with Crippen molar-refractivity contribution in [3.63, 3.8) is 0 Å². The molecule has 1 aliphatic rings. The number of carbonyl (C=O) groups is 2. The van der Waals surface area contributed by atoms with Crippen molar-refractivity contribution in [3.8, 4) is 0 Å². The Kier molecular flexibility index (Phi) is 4.08. The molecule has 1 fully saturated rings. The fourth-order valence-electron chi connectivity index (χ4n) is 2.00. The summed E-state index contributed by atoms with van der Waals surface area (Å²) in [4.78, 5) is 25.1. The van der Waals surface area contributed by atoms with E-state index < -0.39 is 5.97 Å². The predicted octanol–water partition coefficient (Wildman–Crippen LogP) is -0.129. The number of nitrogens with zero attached hydrogens (tertiary/aromatic N) is 2. The topological polar surface area (TPSA) is 60.9 Å². The Morgan fingerprint density at radius 1 is 1.53 bits per heavy atom. The van der Waals surface area contributed by atoms with Crippen molar-refractivity contribution < 1.29 is 14.7 Å². The average Bonchev–Trinajstić information content (AvgIpc) is 2.50. The smallest absolute Gasteiger partial charge is 0.317 e. The van der Waals surface area contributed by atoms with Gasteiger partial charge in [0.2, 0.25) is 5.91 Å². The highest BCUT2D eigenvalue weighted by Crippen LogP contribution is 2.16. The van der Waals surface area contributed by atoms with Crippen molar-refractivity contribution in [1.82, 2.24) is 9.80 Å². The molecule has 1 rings (SSSR count). The van der Waals surface area contributed by atoms with Crippen LogP contribution in [0.4, 0.5) is 0 Å². The molecule has 0 radical (unpaired) electrons. The van der Waals surface area contributed by atoms with E-state index in [0.29, 0.717) is 5.92 Å². The van der Waals surface area contributed by atoms with Crippen LogP contribution in [0, 0.1) is 5.92 Å².